The van der Waals surface area contributed by atoms with Gasteiger partial charge in [-0.05, 0) is 40.5 Å². The number of aromatic nitrogens is 2. The summed E-state index contributed by atoms with van der Waals surface area (Å²) in [6.07, 6.45) is 4.55. The zero-order chi connectivity index (χ0) is 14.5. The van der Waals surface area contributed by atoms with E-state index >= 15 is 0 Å². The van der Waals surface area contributed by atoms with Gasteiger partial charge in [-0.2, -0.15) is 0 Å². The summed E-state index contributed by atoms with van der Waals surface area (Å²) in [5.74, 6) is -0.465. The summed E-state index contributed by atoms with van der Waals surface area (Å²) < 4.78 is 8.20. The highest BCUT2D eigenvalue weighted by atomic mass is 79.9. The molecule has 1 aromatic carbocycles. The first-order chi connectivity index (χ1) is 9.61. The maximum atomic E-state index is 11.0. The molecular formula is C14H15BrN2O3. The van der Waals surface area contributed by atoms with E-state index in [4.69, 9.17) is 9.84 Å². The molecule has 0 aliphatic heterocycles. The van der Waals surface area contributed by atoms with Gasteiger partial charge in [0.25, 0.3) is 0 Å². The number of rotatable bonds is 6. The topological polar surface area (TPSA) is 64.4 Å². The Morgan fingerprint density at radius 2 is 2.30 bits per heavy atom. The quantitative estimate of drug-likeness (QED) is 0.877. The summed E-state index contributed by atoms with van der Waals surface area (Å²) in [6, 6.07) is 4.91. The molecule has 2 aromatic rings. The fourth-order valence-corrected chi connectivity index (χ4v) is 2.24. The maximum absolute atomic E-state index is 11.0. The molecule has 2 rings (SSSR count). The lowest BCUT2D eigenvalue weighted by molar-refractivity contribution is 0.0695. The largest absolute Gasteiger partial charge is 0.487 e. The summed E-state index contributed by atoms with van der Waals surface area (Å²) >= 11 is 3.20. The monoisotopic (exact) mass is 338 g/mol. The van der Waals surface area contributed by atoms with Crippen molar-refractivity contribution in [2.45, 2.75) is 26.5 Å². The van der Waals surface area contributed by atoms with Gasteiger partial charge in [0.05, 0.1) is 23.8 Å². The van der Waals surface area contributed by atoms with Crippen molar-refractivity contribution in [1.29, 1.82) is 0 Å². The molecule has 1 N–H and O–H groups in total. The third-order valence-corrected chi connectivity index (χ3v) is 3.51. The molecule has 0 saturated heterocycles. The van der Waals surface area contributed by atoms with Crippen LogP contribution < -0.4 is 4.74 Å². The number of aromatic carboxylic acids is 1. The molecule has 1 aromatic heterocycles. The second kappa shape index (κ2) is 6.56. The number of benzene rings is 1. The van der Waals surface area contributed by atoms with Crippen LogP contribution in [0.25, 0.3) is 0 Å². The van der Waals surface area contributed by atoms with Crippen LogP contribution in [0.3, 0.4) is 0 Å². The number of hydrogen-bond donors (Lipinski definition) is 1. The number of ether oxygens (including phenoxy) is 1. The fraction of sp³-hybridized carbons (Fsp3) is 0.286. The number of carboxylic acids is 1. The van der Waals surface area contributed by atoms with Crippen LogP contribution >= 0.6 is 15.9 Å². The van der Waals surface area contributed by atoms with Crippen molar-refractivity contribution in [3.63, 3.8) is 0 Å². The first-order valence-electron chi connectivity index (χ1n) is 6.26. The molecule has 0 atom stereocenters. The van der Waals surface area contributed by atoms with Crippen LogP contribution in [0.15, 0.2) is 35.2 Å². The number of imidazole rings is 1. The average molecular weight is 339 g/mol. The van der Waals surface area contributed by atoms with Gasteiger partial charge in [-0.3, -0.25) is 0 Å². The van der Waals surface area contributed by atoms with Gasteiger partial charge in [0.2, 0.25) is 0 Å². The van der Waals surface area contributed by atoms with Crippen molar-refractivity contribution in [1.82, 2.24) is 9.55 Å². The molecule has 6 heteroatoms. The van der Waals surface area contributed by atoms with E-state index in [0.29, 0.717) is 16.8 Å². The third-order valence-electron chi connectivity index (χ3n) is 2.82. The fourth-order valence-electron chi connectivity index (χ4n) is 1.83. The molecule has 0 fully saturated rings. The Balaban J connectivity index is 2.09. The molecule has 1 heterocycles. The van der Waals surface area contributed by atoms with Gasteiger partial charge in [-0.15, -0.1) is 0 Å². The Morgan fingerprint density at radius 1 is 1.50 bits per heavy atom. The number of hydrogen-bond acceptors (Lipinski definition) is 3. The van der Waals surface area contributed by atoms with Crippen LogP contribution in [0.4, 0.5) is 0 Å². The molecule has 0 amide bonds. The molecular weight excluding hydrogens is 324 g/mol. The number of halogens is 1. The van der Waals surface area contributed by atoms with E-state index < -0.39 is 5.97 Å². The minimum Gasteiger partial charge on any atom is -0.487 e. The smallest absolute Gasteiger partial charge is 0.336 e. The Kier molecular flexibility index (Phi) is 4.79. The SMILES string of the molecule is CCCn1cncc1COc1ccc(Br)c(C(=O)O)c1. The second-order valence-electron chi connectivity index (χ2n) is 4.31. The van der Waals surface area contributed by atoms with E-state index in [1.54, 1.807) is 24.7 Å². The molecule has 0 aliphatic rings. The van der Waals surface area contributed by atoms with Crippen molar-refractivity contribution >= 4 is 21.9 Å². The van der Waals surface area contributed by atoms with E-state index in [1.165, 1.54) is 6.07 Å². The lowest BCUT2D eigenvalue weighted by Gasteiger charge is -2.10. The van der Waals surface area contributed by atoms with Crippen LogP contribution in [0.2, 0.25) is 0 Å². The Labute approximate surface area is 125 Å². The highest BCUT2D eigenvalue weighted by Gasteiger charge is 2.10. The molecule has 0 spiro atoms. The van der Waals surface area contributed by atoms with Crippen LogP contribution in [0.1, 0.15) is 29.4 Å². The highest BCUT2D eigenvalue weighted by Crippen LogP contribution is 2.23. The lowest BCUT2D eigenvalue weighted by Crippen LogP contribution is -2.05. The first-order valence-corrected chi connectivity index (χ1v) is 7.05. The molecule has 5 nitrogen and oxygen atoms in total. The predicted octanol–water partition coefficient (Wildman–Crippen LogP) is 3.33. The van der Waals surface area contributed by atoms with Gasteiger partial charge in [0.15, 0.2) is 0 Å². The van der Waals surface area contributed by atoms with Gasteiger partial charge in [-0.1, -0.05) is 6.92 Å². The van der Waals surface area contributed by atoms with Gasteiger partial charge < -0.3 is 14.4 Å². The molecule has 0 bridgehead atoms. The summed E-state index contributed by atoms with van der Waals surface area (Å²) in [4.78, 5) is 15.1. The summed E-state index contributed by atoms with van der Waals surface area (Å²) in [5, 5.41) is 9.06. The van der Waals surface area contributed by atoms with Crippen molar-refractivity contribution in [3.8, 4) is 5.75 Å². The minimum absolute atomic E-state index is 0.185. The van der Waals surface area contributed by atoms with E-state index in [1.807, 2.05) is 4.57 Å². The molecule has 0 saturated carbocycles. The number of aryl methyl sites for hydroxylation is 1. The molecule has 0 aliphatic carbocycles. The van der Waals surface area contributed by atoms with Gasteiger partial charge in [0.1, 0.15) is 12.4 Å². The van der Waals surface area contributed by atoms with E-state index in [2.05, 4.69) is 27.8 Å². The first kappa shape index (κ1) is 14.6. The van der Waals surface area contributed by atoms with Gasteiger partial charge >= 0.3 is 5.97 Å². The Hall–Kier alpha value is -1.82. The zero-order valence-corrected chi connectivity index (χ0v) is 12.6. The van der Waals surface area contributed by atoms with E-state index in [-0.39, 0.29) is 5.56 Å². The van der Waals surface area contributed by atoms with Crippen LogP contribution in [0, 0.1) is 0 Å². The average Bonchev–Trinajstić information content (AvgIpc) is 2.85. The Morgan fingerprint density at radius 3 is 3.00 bits per heavy atom. The summed E-state index contributed by atoms with van der Waals surface area (Å²) in [7, 11) is 0. The molecule has 20 heavy (non-hydrogen) atoms. The highest BCUT2D eigenvalue weighted by molar-refractivity contribution is 9.10. The Bertz CT molecular complexity index is 610. The summed E-state index contributed by atoms with van der Waals surface area (Å²) in [6.45, 7) is 3.35. The van der Waals surface area contributed by atoms with Crippen LogP contribution in [-0.2, 0) is 13.2 Å². The predicted molar refractivity (Wildman–Crippen MR) is 78.0 cm³/mol. The summed E-state index contributed by atoms with van der Waals surface area (Å²) in [5.41, 5.74) is 1.15. The number of nitrogens with zero attached hydrogens (tertiary/aromatic N) is 2. The number of carbonyl (C=O) groups is 1. The third kappa shape index (κ3) is 3.39. The number of carboxylic acid groups (broad SMARTS) is 1. The zero-order valence-electron chi connectivity index (χ0n) is 11.0. The van der Waals surface area contributed by atoms with Gasteiger partial charge in [-0.25, -0.2) is 9.78 Å². The molecule has 106 valence electrons. The van der Waals surface area contributed by atoms with Crippen LogP contribution in [0.5, 0.6) is 5.75 Å². The van der Waals surface area contributed by atoms with E-state index in [0.717, 1.165) is 18.7 Å². The van der Waals surface area contributed by atoms with Crippen molar-refractivity contribution in [3.05, 3.63) is 46.5 Å². The second-order valence-corrected chi connectivity index (χ2v) is 5.17. The minimum atomic E-state index is -0.988. The van der Waals surface area contributed by atoms with E-state index in [9.17, 15) is 4.79 Å². The van der Waals surface area contributed by atoms with Crippen LogP contribution in [-0.4, -0.2) is 20.6 Å². The standard InChI is InChI=1S/C14H15BrN2O3/c1-2-5-17-9-16-7-10(17)8-20-11-3-4-13(15)12(6-11)14(18)19/h3-4,6-7,9H,2,5,8H2,1H3,(H,18,19). The normalized spacial score (nSPS) is 10.5. The van der Waals surface area contributed by atoms with Crippen molar-refractivity contribution in [2.24, 2.45) is 0 Å². The lowest BCUT2D eigenvalue weighted by atomic mass is 10.2. The maximum Gasteiger partial charge on any atom is 0.336 e. The van der Waals surface area contributed by atoms with Crippen molar-refractivity contribution < 1.29 is 14.6 Å². The van der Waals surface area contributed by atoms with Crippen molar-refractivity contribution in [2.75, 3.05) is 0 Å². The molecule has 0 radical (unpaired) electrons. The van der Waals surface area contributed by atoms with Gasteiger partial charge in [0, 0.05) is 11.0 Å². The molecule has 0 unspecified atom stereocenters.